The Kier molecular flexibility index (Phi) is 6.11. The third-order valence-electron chi connectivity index (χ3n) is 7.07. The summed E-state index contributed by atoms with van der Waals surface area (Å²) < 4.78 is 0. The highest BCUT2D eigenvalue weighted by atomic mass is 15.0. The Balaban J connectivity index is 1.37. The van der Waals surface area contributed by atoms with Gasteiger partial charge < -0.3 is 0 Å². The maximum atomic E-state index is 4.97. The van der Waals surface area contributed by atoms with Gasteiger partial charge >= 0.3 is 0 Å². The Labute approximate surface area is 232 Å². The van der Waals surface area contributed by atoms with Crippen molar-refractivity contribution in [3.63, 3.8) is 0 Å². The molecule has 7 rings (SSSR count). The van der Waals surface area contributed by atoms with Crippen molar-refractivity contribution in [2.24, 2.45) is 0 Å². The van der Waals surface area contributed by atoms with Gasteiger partial charge in [-0.05, 0) is 51.2 Å². The fourth-order valence-electron chi connectivity index (χ4n) is 5.06. The molecular formula is C36H24N4. The van der Waals surface area contributed by atoms with Crippen molar-refractivity contribution in [1.82, 2.24) is 19.9 Å². The molecule has 188 valence electrons. The predicted molar refractivity (Wildman–Crippen MR) is 162 cm³/mol. The molecule has 0 saturated heterocycles. The molecule has 0 atom stereocenters. The van der Waals surface area contributed by atoms with Crippen molar-refractivity contribution in [2.75, 3.05) is 0 Å². The first-order chi connectivity index (χ1) is 19.8. The van der Waals surface area contributed by atoms with Gasteiger partial charge in [-0.15, -0.1) is 0 Å². The molecule has 0 radical (unpaired) electrons. The zero-order valence-corrected chi connectivity index (χ0v) is 21.6. The lowest BCUT2D eigenvalue weighted by atomic mass is 9.93. The van der Waals surface area contributed by atoms with E-state index in [0.29, 0.717) is 17.5 Å². The molecule has 2 heterocycles. The van der Waals surface area contributed by atoms with E-state index in [2.05, 4.69) is 65.6 Å². The van der Waals surface area contributed by atoms with Crippen LogP contribution in [-0.4, -0.2) is 19.9 Å². The highest BCUT2D eigenvalue weighted by molar-refractivity contribution is 6.04. The van der Waals surface area contributed by atoms with Gasteiger partial charge in [0.2, 0.25) is 0 Å². The highest BCUT2D eigenvalue weighted by Gasteiger charge is 2.16. The van der Waals surface area contributed by atoms with Gasteiger partial charge in [0.1, 0.15) is 0 Å². The van der Waals surface area contributed by atoms with Crippen LogP contribution in [0.4, 0.5) is 0 Å². The van der Waals surface area contributed by atoms with Crippen LogP contribution in [0.5, 0.6) is 0 Å². The first kappa shape index (κ1) is 23.6. The van der Waals surface area contributed by atoms with E-state index in [1.54, 1.807) is 0 Å². The molecule has 0 N–H and O–H groups in total. The summed E-state index contributed by atoms with van der Waals surface area (Å²) in [7, 11) is 0. The van der Waals surface area contributed by atoms with Gasteiger partial charge in [-0.3, -0.25) is 4.98 Å². The van der Waals surface area contributed by atoms with Crippen molar-refractivity contribution in [2.45, 2.75) is 0 Å². The van der Waals surface area contributed by atoms with Crippen molar-refractivity contribution < 1.29 is 0 Å². The molecule has 7 aromatic rings. The van der Waals surface area contributed by atoms with Gasteiger partial charge in [-0.1, -0.05) is 115 Å². The number of rotatable bonds is 5. The average molecular weight is 513 g/mol. The fraction of sp³-hybridized carbons (Fsp3) is 0. The second-order valence-electron chi connectivity index (χ2n) is 9.56. The Morgan fingerprint density at radius 3 is 1.35 bits per heavy atom. The molecule has 5 aromatic carbocycles. The summed E-state index contributed by atoms with van der Waals surface area (Å²) in [6, 6.07) is 45.7. The number of benzene rings is 5. The Bertz CT molecular complexity index is 1860. The number of pyridine rings is 1. The lowest BCUT2D eigenvalue weighted by Gasteiger charge is -2.13. The molecule has 0 bridgehead atoms. The zero-order valence-electron chi connectivity index (χ0n) is 21.6. The normalized spacial score (nSPS) is 11.0. The smallest absolute Gasteiger partial charge is 0.164 e. The number of nitrogens with zero attached hydrogens (tertiary/aromatic N) is 4. The Hall–Kier alpha value is -5.48. The molecule has 0 fully saturated rings. The lowest BCUT2D eigenvalue weighted by molar-refractivity contribution is 1.08. The van der Waals surface area contributed by atoms with Crippen LogP contribution in [0, 0.1) is 0 Å². The van der Waals surface area contributed by atoms with Crippen molar-refractivity contribution >= 4 is 10.8 Å². The molecule has 2 aromatic heterocycles. The Morgan fingerprint density at radius 2 is 0.750 bits per heavy atom. The summed E-state index contributed by atoms with van der Waals surface area (Å²) in [6.45, 7) is 0. The van der Waals surface area contributed by atoms with Crippen LogP contribution in [0.15, 0.2) is 146 Å². The van der Waals surface area contributed by atoms with Crippen molar-refractivity contribution in [1.29, 1.82) is 0 Å². The Morgan fingerprint density at radius 1 is 0.300 bits per heavy atom. The minimum Gasteiger partial charge on any atom is -0.265 e. The van der Waals surface area contributed by atoms with Gasteiger partial charge in [0, 0.05) is 29.1 Å². The summed E-state index contributed by atoms with van der Waals surface area (Å²) in [4.78, 5) is 18.9. The fourth-order valence-corrected chi connectivity index (χ4v) is 5.06. The van der Waals surface area contributed by atoms with E-state index in [0.717, 1.165) is 38.6 Å². The molecule has 0 aliphatic carbocycles. The van der Waals surface area contributed by atoms with Gasteiger partial charge in [0.15, 0.2) is 17.5 Å². The first-order valence-electron chi connectivity index (χ1n) is 13.2. The van der Waals surface area contributed by atoms with E-state index in [1.165, 1.54) is 11.1 Å². The van der Waals surface area contributed by atoms with Crippen molar-refractivity contribution in [3.8, 4) is 56.4 Å². The minimum atomic E-state index is 0.656. The second kappa shape index (κ2) is 10.4. The van der Waals surface area contributed by atoms with E-state index < -0.39 is 0 Å². The summed E-state index contributed by atoms with van der Waals surface area (Å²) in [5, 5.41) is 2.25. The number of hydrogen-bond acceptors (Lipinski definition) is 4. The highest BCUT2D eigenvalue weighted by Crippen LogP contribution is 2.36. The third-order valence-corrected chi connectivity index (χ3v) is 7.07. The first-order valence-corrected chi connectivity index (χ1v) is 13.2. The van der Waals surface area contributed by atoms with E-state index >= 15 is 0 Å². The largest absolute Gasteiger partial charge is 0.265 e. The lowest BCUT2D eigenvalue weighted by Crippen LogP contribution is -2.00. The van der Waals surface area contributed by atoms with Crippen LogP contribution in [0.2, 0.25) is 0 Å². The predicted octanol–water partition coefficient (Wildman–Crippen LogP) is 8.75. The van der Waals surface area contributed by atoms with Crippen LogP contribution in [0.25, 0.3) is 67.2 Å². The third kappa shape index (κ3) is 4.52. The van der Waals surface area contributed by atoms with Crippen LogP contribution < -0.4 is 0 Å². The van der Waals surface area contributed by atoms with Crippen molar-refractivity contribution in [3.05, 3.63) is 146 Å². The van der Waals surface area contributed by atoms with Gasteiger partial charge in [-0.25, -0.2) is 15.0 Å². The van der Waals surface area contributed by atoms with Crippen LogP contribution >= 0.6 is 0 Å². The van der Waals surface area contributed by atoms with E-state index in [9.17, 15) is 0 Å². The molecule has 0 saturated carbocycles. The summed E-state index contributed by atoms with van der Waals surface area (Å²) in [5.41, 5.74) is 7.54. The SMILES string of the molecule is c1ccc(-c2nc(-c3ccccc3)nc(-c3ccc(-c4ccc(-c5ccncc5)cc4)c4ccccc34)n2)cc1. The van der Waals surface area contributed by atoms with Gasteiger partial charge in [-0.2, -0.15) is 0 Å². The van der Waals surface area contributed by atoms with E-state index in [1.807, 2.05) is 85.2 Å². The average Bonchev–Trinajstić information content (AvgIpc) is 3.05. The maximum absolute atomic E-state index is 4.97. The van der Waals surface area contributed by atoms with E-state index in [-0.39, 0.29) is 0 Å². The molecule has 0 aliphatic rings. The molecule has 0 unspecified atom stereocenters. The van der Waals surface area contributed by atoms with Crippen LogP contribution in [0.1, 0.15) is 0 Å². The molecule has 4 heteroatoms. The molecule has 0 spiro atoms. The molecule has 0 amide bonds. The van der Waals surface area contributed by atoms with Gasteiger partial charge in [0.05, 0.1) is 0 Å². The monoisotopic (exact) mass is 512 g/mol. The molecular weight excluding hydrogens is 488 g/mol. The zero-order chi connectivity index (χ0) is 26.7. The number of fused-ring (bicyclic) bond motifs is 1. The standard InChI is InChI=1S/C36H24N4/c1-3-9-28(10-4-1)34-38-35(29-11-5-2-6-12-29)40-36(39-34)33-20-19-30(31-13-7-8-14-32(31)33)27-17-15-25(16-18-27)26-21-23-37-24-22-26/h1-24H. The number of aromatic nitrogens is 4. The topological polar surface area (TPSA) is 51.6 Å². The number of hydrogen-bond donors (Lipinski definition) is 0. The second-order valence-corrected chi connectivity index (χ2v) is 9.56. The van der Waals surface area contributed by atoms with E-state index in [4.69, 9.17) is 15.0 Å². The minimum absolute atomic E-state index is 0.656. The summed E-state index contributed by atoms with van der Waals surface area (Å²) >= 11 is 0. The van der Waals surface area contributed by atoms with Crippen LogP contribution in [0.3, 0.4) is 0 Å². The summed E-state index contributed by atoms with van der Waals surface area (Å²) in [6.07, 6.45) is 3.64. The molecule has 40 heavy (non-hydrogen) atoms. The quantitative estimate of drug-likeness (QED) is 0.231. The maximum Gasteiger partial charge on any atom is 0.164 e. The van der Waals surface area contributed by atoms with Crippen LogP contribution in [-0.2, 0) is 0 Å². The van der Waals surface area contributed by atoms with Gasteiger partial charge in [0.25, 0.3) is 0 Å². The summed E-state index contributed by atoms with van der Waals surface area (Å²) in [5.74, 6) is 1.97. The molecule has 4 nitrogen and oxygen atoms in total. The molecule has 0 aliphatic heterocycles.